The van der Waals surface area contributed by atoms with Crippen molar-refractivity contribution < 1.29 is 27.8 Å². The van der Waals surface area contributed by atoms with Gasteiger partial charge in [-0.05, 0) is 60.5 Å². The molecular formula is C27H24F2N2O4S. The molecule has 1 aromatic heterocycles. The van der Waals surface area contributed by atoms with E-state index in [-0.39, 0.29) is 22.1 Å². The summed E-state index contributed by atoms with van der Waals surface area (Å²) < 4.78 is 42.3. The Labute approximate surface area is 212 Å². The van der Waals surface area contributed by atoms with Crippen LogP contribution < -0.4 is 14.2 Å². The van der Waals surface area contributed by atoms with Gasteiger partial charge in [0.25, 0.3) is 6.43 Å². The van der Waals surface area contributed by atoms with Gasteiger partial charge in [0, 0.05) is 16.9 Å². The molecule has 0 unspecified atom stereocenters. The molecule has 9 heteroatoms. The van der Waals surface area contributed by atoms with Crippen molar-refractivity contribution >= 4 is 23.6 Å². The van der Waals surface area contributed by atoms with E-state index >= 15 is 0 Å². The summed E-state index contributed by atoms with van der Waals surface area (Å²) in [5.74, 6) is 1.68. The second-order valence-corrected chi connectivity index (χ2v) is 8.55. The molecule has 3 aromatic rings. The van der Waals surface area contributed by atoms with E-state index in [9.17, 15) is 18.8 Å². The number of hydrogen-bond donors (Lipinski definition) is 0. The number of hydrogen-bond acceptors (Lipinski definition) is 7. The zero-order chi connectivity index (χ0) is 26.2. The number of halogens is 2. The predicted octanol–water partition coefficient (Wildman–Crippen LogP) is 6.41. The van der Waals surface area contributed by atoms with Crippen LogP contribution in [-0.4, -0.2) is 32.1 Å². The van der Waals surface area contributed by atoms with E-state index in [1.807, 2.05) is 12.1 Å². The number of ether oxygens (including phenoxy) is 3. The molecular weight excluding hydrogens is 486 g/mol. The summed E-state index contributed by atoms with van der Waals surface area (Å²) in [4.78, 5) is 16.7. The number of pyridine rings is 1. The molecule has 0 bridgehead atoms. The van der Waals surface area contributed by atoms with Crippen molar-refractivity contribution in [1.82, 2.24) is 4.98 Å². The summed E-state index contributed by atoms with van der Waals surface area (Å²) in [5, 5.41) is 9.71. The lowest BCUT2D eigenvalue weighted by Crippen LogP contribution is -1.99. The smallest absolute Gasteiger partial charge is 0.280 e. The second kappa shape index (κ2) is 12.2. The highest BCUT2D eigenvalue weighted by Gasteiger charge is 2.17. The number of aromatic nitrogens is 1. The molecule has 0 radical (unpaired) electrons. The highest BCUT2D eigenvalue weighted by atomic mass is 32.2. The Hall–Kier alpha value is -3.90. The molecule has 0 amide bonds. The van der Waals surface area contributed by atoms with Gasteiger partial charge in [0.05, 0.1) is 26.9 Å². The van der Waals surface area contributed by atoms with Gasteiger partial charge in [0.2, 0.25) is 0 Å². The van der Waals surface area contributed by atoms with E-state index in [0.717, 1.165) is 11.1 Å². The largest absolute Gasteiger partial charge is 0.496 e. The lowest BCUT2D eigenvalue weighted by atomic mass is 10.1. The second-order valence-electron chi connectivity index (χ2n) is 7.58. The molecule has 1 heterocycles. The van der Waals surface area contributed by atoms with Gasteiger partial charge in [-0.1, -0.05) is 12.1 Å². The van der Waals surface area contributed by atoms with E-state index in [2.05, 4.69) is 4.98 Å². The van der Waals surface area contributed by atoms with Crippen LogP contribution in [0.3, 0.4) is 0 Å². The van der Waals surface area contributed by atoms with E-state index in [0.29, 0.717) is 34.1 Å². The summed E-state index contributed by atoms with van der Waals surface area (Å²) in [6, 6.07) is 13.6. The standard InChI is InChI=1S/C27H24F2N2O4S/c1-16-11-21(26(28)29)31-27(20(16)14-30)36-15-19-12-17(6-9-23(19)33-2)5-8-22(32)18-7-10-24(34-3)25(13-18)35-4/h5-13,26H,15H2,1-4H3/b8-5+. The highest BCUT2D eigenvalue weighted by Crippen LogP contribution is 2.33. The van der Waals surface area contributed by atoms with Gasteiger partial charge in [0.1, 0.15) is 22.5 Å². The number of allylic oxidation sites excluding steroid dienone is 1. The lowest BCUT2D eigenvalue weighted by Gasteiger charge is -2.12. The predicted molar refractivity (Wildman–Crippen MR) is 134 cm³/mol. The first kappa shape index (κ1) is 26.7. The van der Waals surface area contributed by atoms with Crippen molar-refractivity contribution in [2.45, 2.75) is 24.1 Å². The fourth-order valence-electron chi connectivity index (χ4n) is 3.44. The Bertz CT molecular complexity index is 1340. The minimum atomic E-state index is -2.73. The first-order valence-corrected chi connectivity index (χ1v) is 11.7. The van der Waals surface area contributed by atoms with E-state index in [1.54, 1.807) is 43.3 Å². The van der Waals surface area contributed by atoms with Crippen LogP contribution in [0.4, 0.5) is 8.78 Å². The van der Waals surface area contributed by atoms with Crippen molar-refractivity contribution in [3.8, 4) is 23.3 Å². The Morgan fingerprint density at radius 3 is 2.39 bits per heavy atom. The van der Waals surface area contributed by atoms with Crippen LogP contribution in [-0.2, 0) is 5.75 Å². The number of thioether (sulfide) groups is 1. The SMILES string of the molecule is COc1ccc(/C=C/C(=O)c2ccc(OC)c(OC)c2)cc1CSc1nc(C(F)F)cc(C)c1C#N. The molecule has 0 fully saturated rings. The van der Waals surface area contributed by atoms with Crippen LogP contribution in [0.25, 0.3) is 6.08 Å². The third-order valence-electron chi connectivity index (χ3n) is 5.30. The number of ketones is 1. The fraction of sp³-hybridized carbons (Fsp3) is 0.222. The highest BCUT2D eigenvalue weighted by molar-refractivity contribution is 7.98. The Kier molecular flexibility index (Phi) is 9.03. The average molecular weight is 511 g/mol. The third-order valence-corrected chi connectivity index (χ3v) is 6.33. The summed E-state index contributed by atoms with van der Waals surface area (Å²) in [6.07, 6.45) is 0.389. The van der Waals surface area contributed by atoms with Gasteiger partial charge >= 0.3 is 0 Å². The molecule has 36 heavy (non-hydrogen) atoms. The summed E-state index contributed by atoms with van der Waals surface area (Å²) in [5.41, 5.74) is 2.28. The van der Waals surface area contributed by atoms with Crippen LogP contribution >= 0.6 is 11.8 Å². The monoisotopic (exact) mass is 510 g/mol. The van der Waals surface area contributed by atoms with Gasteiger partial charge in [-0.15, -0.1) is 11.8 Å². The molecule has 0 saturated heterocycles. The van der Waals surface area contributed by atoms with E-state index in [4.69, 9.17) is 14.2 Å². The summed E-state index contributed by atoms with van der Waals surface area (Å²) >= 11 is 1.17. The Balaban J connectivity index is 1.83. The molecule has 0 aliphatic rings. The van der Waals surface area contributed by atoms with Gasteiger partial charge in [-0.3, -0.25) is 4.79 Å². The van der Waals surface area contributed by atoms with Gasteiger partial charge in [-0.25, -0.2) is 13.8 Å². The number of methoxy groups -OCH3 is 3. The van der Waals surface area contributed by atoms with Crippen LogP contribution in [0, 0.1) is 18.3 Å². The molecule has 6 nitrogen and oxygen atoms in total. The molecule has 186 valence electrons. The normalized spacial score (nSPS) is 10.9. The number of alkyl halides is 2. The zero-order valence-electron chi connectivity index (χ0n) is 20.2. The van der Waals surface area contributed by atoms with Gasteiger partial charge in [-0.2, -0.15) is 5.26 Å². The van der Waals surface area contributed by atoms with Gasteiger partial charge in [0.15, 0.2) is 17.3 Å². The third kappa shape index (κ3) is 6.20. The van der Waals surface area contributed by atoms with Crippen LogP contribution in [0.1, 0.15) is 44.7 Å². The zero-order valence-corrected chi connectivity index (χ0v) is 21.0. The van der Waals surface area contributed by atoms with E-state index < -0.39 is 6.43 Å². The van der Waals surface area contributed by atoms with Crippen molar-refractivity contribution in [1.29, 1.82) is 5.26 Å². The summed E-state index contributed by atoms with van der Waals surface area (Å²) in [7, 11) is 4.55. The number of nitrogens with zero attached hydrogens (tertiary/aromatic N) is 2. The number of carbonyl (C=O) groups excluding carboxylic acids is 1. The molecule has 0 aliphatic heterocycles. The number of benzene rings is 2. The fourth-order valence-corrected chi connectivity index (χ4v) is 4.48. The Morgan fingerprint density at radius 1 is 1.06 bits per heavy atom. The maximum absolute atomic E-state index is 13.2. The molecule has 0 N–H and O–H groups in total. The minimum absolute atomic E-state index is 0.218. The van der Waals surface area contributed by atoms with Crippen LogP contribution in [0.2, 0.25) is 0 Å². The maximum Gasteiger partial charge on any atom is 0.280 e. The first-order chi connectivity index (χ1) is 17.3. The Morgan fingerprint density at radius 2 is 1.75 bits per heavy atom. The van der Waals surface area contributed by atoms with Crippen molar-refractivity contribution in [2.24, 2.45) is 0 Å². The summed E-state index contributed by atoms with van der Waals surface area (Å²) in [6.45, 7) is 1.61. The van der Waals surface area contributed by atoms with Crippen molar-refractivity contribution in [3.63, 3.8) is 0 Å². The quantitative estimate of drug-likeness (QED) is 0.177. The molecule has 2 aromatic carbocycles. The molecule has 0 atom stereocenters. The molecule has 3 rings (SSSR count). The lowest BCUT2D eigenvalue weighted by molar-refractivity contribution is 0.104. The van der Waals surface area contributed by atoms with Crippen LogP contribution in [0.15, 0.2) is 53.6 Å². The minimum Gasteiger partial charge on any atom is -0.496 e. The number of carbonyl (C=O) groups is 1. The number of aryl methyl sites for hydroxylation is 1. The maximum atomic E-state index is 13.2. The molecule has 0 saturated carbocycles. The molecule has 0 aliphatic carbocycles. The molecule has 0 spiro atoms. The van der Waals surface area contributed by atoms with Crippen LogP contribution in [0.5, 0.6) is 17.2 Å². The van der Waals surface area contributed by atoms with E-state index in [1.165, 1.54) is 45.2 Å². The first-order valence-electron chi connectivity index (χ1n) is 10.7. The van der Waals surface area contributed by atoms with Crippen molar-refractivity contribution in [3.05, 3.63) is 82.1 Å². The number of rotatable bonds is 10. The topological polar surface area (TPSA) is 81.4 Å². The number of nitriles is 1. The van der Waals surface area contributed by atoms with Crippen molar-refractivity contribution in [2.75, 3.05) is 21.3 Å². The average Bonchev–Trinajstić information content (AvgIpc) is 2.89. The van der Waals surface area contributed by atoms with Gasteiger partial charge < -0.3 is 14.2 Å².